The maximum atomic E-state index is 12.4. The molecule has 10 heteroatoms. The Balaban J connectivity index is 1.55. The standard InChI is InChI=1S/C27H35N5O3SSi/c1-5-36(33,34)24-8-6-7-21(17-24)25(9-12-28)32-19-23(18-30-32)31-14-11-22(27-26(31)10-13-29-27)20-35-15-16-37(2,3)4/h6-8,10-11,13-14,17-19,22,25,29H,5,9,15-16,20H2,1-4H3. The van der Waals surface area contributed by atoms with Gasteiger partial charge < -0.3 is 14.6 Å². The van der Waals surface area contributed by atoms with E-state index in [1.54, 1.807) is 36.0 Å². The first-order chi connectivity index (χ1) is 17.6. The number of aromatic amines is 1. The fourth-order valence-electron chi connectivity index (χ4n) is 4.36. The molecule has 196 valence electrons. The van der Waals surface area contributed by atoms with Crippen LogP contribution in [0.25, 0.3) is 0 Å². The highest BCUT2D eigenvalue weighted by molar-refractivity contribution is 7.91. The molecule has 3 heterocycles. The number of ether oxygens (including phenoxy) is 1. The van der Waals surface area contributed by atoms with Gasteiger partial charge in [0.25, 0.3) is 0 Å². The highest BCUT2D eigenvalue weighted by Crippen LogP contribution is 2.38. The van der Waals surface area contributed by atoms with E-state index >= 15 is 0 Å². The zero-order chi connectivity index (χ0) is 26.6. The number of anilines is 2. The molecule has 37 heavy (non-hydrogen) atoms. The van der Waals surface area contributed by atoms with Crippen LogP contribution in [0.1, 0.15) is 36.6 Å². The Morgan fingerprint density at radius 3 is 2.81 bits per heavy atom. The summed E-state index contributed by atoms with van der Waals surface area (Å²) in [4.78, 5) is 5.70. The second-order valence-electron chi connectivity index (χ2n) is 10.5. The molecule has 0 bridgehead atoms. The van der Waals surface area contributed by atoms with Gasteiger partial charge in [-0.3, -0.25) is 4.68 Å². The molecule has 0 saturated heterocycles. The Bertz CT molecular complexity index is 1400. The topological polar surface area (TPSA) is 104 Å². The second-order valence-corrected chi connectivity index (χ2v) is 18.4. The van der Waals surface area contributed by atoms with E-state index in [0.717, 1.165) is 35.3 Å². The summed E-state index contributed by atoms with van der Waals surface area (Å²) >= 11 is 0. The number of aromatic nitrogens is 3. The molecule has 1 aliphatic heterocycles. The Labute approximate surface area is 220 Å². The van der Waals surface area contributed by atoms with Gasteiger partial charge in [0.1, 0.15) is 0 Å². The Morgan fingerprint density at radius 1 is 1.27 bits per heavy atom. The average molecular weight is 538 g/mol. The van der Waals surface area contributed by atoms with Crippen molar-refractivity contribution in [3.63, 3.8) is 0 Å². The molecule has 4 rings (SSSR count). The van der Waals surface area contributed by atoms with Crippen molar-refractivity contribution in [3.8, 4) is 6.07 Å². The molecular formula is C27H35N5O3SSi. The second kappa shape index (κ2) is 11.1. The van der Waals surface area contributed by atoms with Crippen molar-refractivity contribution in [2.75, 3.05) is 23.9 Å². The van der Waals surface area contributed by atoms with Crippen molar-refractivity contribution in [1.82, 2.24) is 14.8 Å². The quantitative estimate of drug-likeness (QED) is 0.252. The van der Waals surface area contributed by atoms with Gasteiger partial charge in [-0.2, -0.15) is 10.4 Å². The maximum absolute atomic E-state index is 12.4. The van der Waals surface area contributed by atoms with Crippen LogP contribution in [0.15, 0.2) is 66.1 Å². The number of sulfone groups is 1. The lowest BCUT2D eigenvalue weighted by Gasteiger charge is -2.27. The average Bonchev–Trinajstić information content (AvgIpc) is 3.55. The Morgan fingerprint density at radius 2 is 2.08 bits per heavy atom. The fourth-order valence-corrected chi connectivity index (χ4v) is 6.05. The van der Waals surface area contributed by atoms with E-state index in [9.17, 15) is 13.7 Å². The molecule has 2 aromatic heterocycles. The summed E-state index contributed by atoms with van der Waals surface area (Å²) in [6, 6.07) is 11.8. The van der Waals surface area contributed by atoms with Crippen molar-refractivity contribution >= 4 is 29.3 Å². The zero-order valence-corrected chi connectivity index (χ0v) is 23.7. The summed E-state index contributed by atoms with van der Waals surface area (Å²) in [6.07, 6.45) is 9.94. The van der Waals surface area contributed by atoms with Gasteiger partial charge in [-0.25, -0.2) is 8.42 Å². The van der Waals surface area contributed by atoms with Crippen LogP contribution in [0.4, 0.5) is 11.4 Å². The van der Waals surface area contributed by atoms with E-state index < -0.39 is 24.0 Å². The van der Waals surface area contributed by atoms with Crippen molar-refractivity contribution in [2.24, 2.45) is 0 Å². The van der Waals surface area contributed by atoms with Crippen molar-refractivity contribution in [3.05, 3.63) is 72.5 Å². The molecule has 0 fully saturated rings. The summed E-state index contributed by atoms with van der Waals surface area (Å²) in [5, 5.41) is 14.1. The molecule has 0 radical (unpaired) electrons. The number of nitrogens with one attached hydrogen (secondary N) is 1. The first kappa shape index (κ1) is 26.9. The summed E-state index contributed by atoms with van der Waals surface area (Å²) in [5.74, 6) is 0.170. The minimum Gasteiger partial charge on any atom is -0.381 e. The van der Waals surface area contributed by atoms with Crippen molar-refractivity contribution in [1.29, 1.82) is 5.26 Å². The van der Waals surface area contributed by atoms with Crippen molar-refractivity contribution < 1.29 is 13.2 Å². The molecule has 1 aromatic carbocycles. The summed E-state index contributed by atoms with van der Waals surface area (Å²) in [7, 11) is -4.48. The van der Waals surface area contributed by atoms with Gasteiger partial charge in [0.15, 0.2) is 9.84 Å². The van der Waals surface area contributed by atoms with Crippen LogP contribution in [0.5, 0.6) is 0 Å². The number of fused-ring (bicyclic) bond motifs is 1. The van der Waals surface area contributed by atoms with E-state index in [1.807, 2.05) is 30.7 Å². The molecule has 1 aliphatic rings. The molecule has 3 aromatic rings. The molecule has 0 spiro atoms. The minimum atomic E-state index is -3.35. The van der Waals surface area contributed by atoms with E-state index in [1.165, 1.54) is 0 Å². The van der Waals surface area contributed by atoms with Gasteiger partial charge >= 0.3 is 0 Å². The van der Waals surface area contributed by atoms with Crippen LogP contribution in [0, 0.1) is 11.3 Å². The normalized spacial score (nSPS) is 16.4. The Kier molecular flexibility index (Phi) is 8.07. The fraction of sp³-hybridized carbons (Fsp3) is 0.407. The summed E-state index contributed by atoms with van der Waals surface area (Å²) in [5.41, 5.74) is 3.72. The highest BCUT2D eigenvalue weighted by atomic mass is 32.2. The number of hydrogen-bond acceptors (Lipinski definition) is 6. The van der Waals surface area contributed by atoms with Gasteiger partial charge in [-0.05, 0) is 29.8 Å². The predicted octanol–water partition coefficient (Wildman–Crippen LogP) is 5.61. The van der Waals surface area contributed by atoms with Crippen molar-refractivity contribution in [2.45, 2.75) is 55.9 Å². The van der Waals surface area contributed by atoms with Gasteiger partial charge in [0, 0.05) is 44.9 Å². The van der Waals surface area contributed by atoms with Gasteiger partial charge in [0.2, 0.25) is 0 Å². The van der Waals surface area contributed by atoms with Gasteiger partial charge in [-0.1, -0.05) is 44.8 Å². The van der Waals surface area contributed by atoms with Crippen LogP contribution in [-0.4, -0.2) is 50.2 Å². The number of H-pyrrole nitrogens is 1. The third-order valence-corrected chi connectivity index (χ3v) is 10.0. The van der Waals surface area contributed by atoms with E-state index in [0.29, 0.717) is 6.61 Å². The molecular weight excluding hydrogens is 502 g/mol. The van der Waals surface area contributed by atoms with E-state index in [-0.39, 0.29) is 23.0 Å². The lowest BCUT2D eigenvalue weighted by molar-refractivity contribution is 0.140. The smallest absolute Gasteiger partial charge is 0.178 e. The molecule has 1 N–H and O–H groups in total. The predicted molar refractivity (Wildman–Crippen MR) is 149 cm³/mol. The molecule has 2 atom stereocenters. The molecule has 0 aliphatic carbocycles. The summed E-state index contributed by atoms with van der Waals surface area (Å²) < 4.78 is 32.6. The van der Waals surface area contributed by atoms with E-state index in [2.05, 4.69) is 46.8 Å². The zero-order valence-electron chi connectivity index (χ0n) is 21.9. The van der Waals surface area contributed by atoms with Crippen LogP contribution >= 0.6 is 0 Å². The lowest BCUT2D eigenvalue weighted by Crippen LogP contribution is -2.23. The number of benzene rings is 1. The van der Waals surface area contributed by atoms with Crippen LogP contribution < -0.4 is 4.90 Å². The van der Waals surface area contributed by atoms with Gasteiger partial charge in [-0.15, -0.1) is 0 Å². The van der Waals surface area contributed by atoms with Crippen LogP contribution in [0.2, 0.25) is 25.7 Å². The number of hydrogen-bond donors (Lipinski definition) is 1. The largest absolute Gasteiger partial charge is 0.381 e. The summed E-state index contributed by atoms with van der Waals surface area (Å²) in [6.45, 7) is 10.1. The highest BCUT2D eigenvalue weighted by Gasteiger charge is 2.26. The monoisotopic (exact) mass is 537 g/mol. The lowest BCUT2D eigenvalue weighted by atomic mass is 10.0. The van der Waals surface area contributed by atoms with Gasteiger partial charge in [0.05, 0.1) is 53.4 Å². The molecule has 8 nitrogen and oxygen atoms in total. The molecule has 0 saturated carbocycles. The molecule has 0 amide bonds. The van der Waals surface area contributed by atoms with E-state index in [4.69, 9.17) is 4.74 Å². The first-order valence-corrected chi connectivity index (χ1v) is 18.0. The maximum Gasteiger partial charge on any atom is 0.178 e. The van der Waals surface area contributed by atoms with Crippen LogP contribution in [0.3, 0.4) is 0 Å². The number of nitriles is 1. The minimum absolute atomic E-state index is 0.0237. The molecule has 2 unspecified atom stereocenters. The number of nitrogens with zero attached hydrogens (tertiary/aromatic N) is 4. The first-order valence-electron chi connectivity index (χ1n) is 12.6. The Hall–Kier alpha value is -3.13. The third-order valence-electron chi connectivity index (χ3n) is 6.60. The third kappa shape index (κ3) is 6.24. The van der Waals surface area contributed by atoms with Crippen LogP contribution in [-0.2, 0) is 14.6 Å². The SMILES string of the molecule is CCS(=O)(=O)c1cccc(C(CC#N)n2cc(N3C=CC(COCC[Si](C)(C)C)c4[nH]ccc43)cn2)c1. The number of rotatable bonds is 11.